The first-order chi connectivity index (χ1) is 3.97. The molecule has 2 saturated heterocycles. The highest BCUT2D eigenvalue weighted by Crippen LogP contribution is 2.15. The second-order valence-electron chi connectivity index (χ2n) is 2.12. The summed E-state index contributed by atoms with van der Waals surface area (Å²) in [4.78, 5) is 0. The normalized spacial score (nSPS) is 45.0. The largest absolute Gasteiger partial charge is 0.370 e. The third kappa shape index (κ3) is 0.555. The number of fused-ring (bicyclic) bond motifs is 1. The maximum atomic E-state index is 5.29. The lowest BCUT2D eigenvalue weighted by Gasteiger charge is -2.40. The van der Waals surface area contributed by atoms with Crippen molar-refractivity contribution in [3.8, 4) is 0 Å². The van der Waals surface area contributed by atoms with Crippen molar-refractivity contribution in [2.45, 2.75) is 12.3 Å². The molecule has 2 unspecified atom stereocenters. The zero-order valence-electron chi connectivity index (χ0n) is 4.59. The molecular weight excluding hydrogens is 106 g/mol. The standard InChI is InChI=1S/C5H9NO2/c1-2-7-4-3-8-5(4)6-1/h4-6H,1-3H2. The van der Waals surface area contributed by atoms with Gasteiger partial charge < -0.3 is 9.47 Å². The van der Waals surface area contributed by atoms with Crippen molar-refractivity contribution in [1.29, 1.82) is 0 Å². The molecule has 0 aromatic carbocycles. The molecule has 2 heterocycles. The molecule has 0 radical (unpaired) electrons. The van der Waals surface area contributed by atoms with Gasteiger partial charge in [0.15, 0.2) is 0 Å². The van der Waals surface area contributed by atoms with E-state index in [9.17, 15) is 0 Å². The van der Waals surface area contributed by atoms with E-state index >= 15 is 0 Å². The van der Waals surface area contributed by atoms with Crippen LogP contribution in [0.15, 0.2) is 0 Å². The van der Waals surface area contributed by atoms with E-state index in [2.05, 4.69) is 5.32 Å². The molecule has 1 N–H and O–H groups in total. The van der Waals surface area contributed by atoms with Crippen LogP contribution in [0.1, 0.15) is 0 Å². The maximum Gasteiger partial charge on any atom is 0.137 e. The van der Waals surface area contributed by atoms with E-state index < -0.39 is 0 Å². The summed E-state index contributed by atoms with van der Waals surface area (Å²) in [6.07, 6.45) is 0.562. The quantitative estimate of drug-likeness (QED) is 0.454. The van der Waals surface area contributed by atoms with Gasteiger partial charge in [0.2, 0.25) is 0 Å². The van der Waals surface area contributed by atoms with E-state index in [1.165, 1.54) is 0 Å². The molecule has 0 bridgehead atoms. The lowest BCUT2D eigenvalue weighted by atomic mass is 10.2. The Hall–Kier alpha value is -0.120. The number of nitrogens with one attached hydrogen (secondary N) is 1. The lowest BCUT2D eigenvalue weighted by molar-refractivity contribution is -0.220. The monoisotopic (exact) mass is 115 g/mol. The van der Waals surface area contributed by atoms with E-state index in [-0.39, 0.29) is 6.23 Å². The molecule has 2 fully saturated rings. The SMILES string of the molecule is C1COC2COC2N1. The Morgan fingerprint density at radius 3 is 2.75 bits per heavy atom. The fraction of sp³-hybridized carbons (Fsp3) is 1.00. The van der Waals surface area contributed by atoms with Gasteiger partial charge in [-0.2, -0.15) is 0 Å². The van der Waals surface area contributed by atoms with Crippen molar-refractivity contribution in [1.82, 2.24) is 5.32 Å². The number of hydrogen-bond acceptors (Lipinski definition) is 3. The molecule has 2 aliphatic heterocycles. The number of ether oxygens (including phenoxy) is 2. The van der Waals surface area contributed by atoms with Gasteiger partial charge in [-0.25, -0.2) is 0 Å². The van der Waals surface area contributed by atoms with Gasteiger partial charge in [-0.15, -0.1) is 0 Å². The summed E-state index contributed by atoms with van der Waals surface area (Å²) in [5.74, 6) is 0. The second kappa shape index (κ2) is 1.69. The van der Waals surface area contributed by atoms with E-state index in [1.54, 1.807) is 0 Å². The fourth-order valence-corrected chi connectivity index (χ4v) is 1.01. The Kier molecular flexibility index (Phi) is 0.997. The minimum atomic E-state index is 0.212. The van der Waals surface area contributed by atoms with Gasteiger partial charge in [-0.1, -0.05) is 0 Å². The number of rotatable bonds is 0. The summed E-state index contributed by atoms with van der Waals surface area (Å²) < 4.78 is 10.4. The molecule has 2 atom stereocenters. The van der Waals surface area contributed by atoms with Gasteiger partial charge in [-0.3, -0.25) is 5.32 Å². The Bertz CT molecular complexity index is 84.4. The average Bonchev–Trinajstić information content (AvgIpc) is 1.72. The van der Waals surface area contributed by atoms with Crippen LogP contribution in [0.3, 0.4) is 0 Å². The van der Waals surface area contributed by atoms with Gasteiger partial charge >= 0.3 is 0 Å². The van der Waals surface area contributed by atoms with Crippen molar-refractivity contribution >= 4 is 0 Å². The van der Waals surface area contributed by atoms with Crippen LogP contribution in [0.4, 0.5) is 0 Å². The molecule has 46 valence electrons. The van der Waals surface area contributed by atoms with Crippen LogP contribution >= 0.6 is 0 Å². The fourth-order valence-electron chi connectivity index (χ4n) is 1.01. The van der Waals surface area contributed by atoms with E-state index in [0.717, 1.165) is 19.8 Å². The molecular formula is C5H9NO2. The summed E-state index contributed by atoms with van der Waals surface area (Å²) in [6, 6.07) is 0. The highest BCUT2D eigenvalue weighted by atomic mass is 16.6. The Morgan fingerprint density at radius 1 is 1.38 bits per heavy atom. The molecule has 0 saturated carbocycles. The summed E-state index contributed by atoms with van der Waals surface area (Å²) in [7, 11) is 0. The molecule has 0 amide bonds. The van der Waals surface area contributed by atoms with Gasteiger partial charge in [0.05, 0.1) is 13.2 Å². The Morgan fingerprint density at radius 2 is 2.38 bits per heavy atom. The van der Waals surface area contributed by atoms with Crippen molar-refractivity contribution in [2.75, 3.05) is 19.8 Å². The van der Waals surface area contributed by atoms with Gasteiger partial charge in [0.25, 0.3) is 0 Å². The van der Waals surface area contributed by atoms with E-state index in [0.29, 0.717) is 6.10 Å². The van der Waals surface area contributed by atoms with Crippen LogP contribution < -0.4 is 5.32 Å². The average molecular weight is 115 g/mol. The van der Waals surface area contributed by atoms with Gasteiger partial charge in [-0.05, 0) is 0 Å². The van der Waals surface area contributed by atoms with Crippen LogP contribution in [0.5, 0.6) is 0 Å². The molecule has 3 nitrogen and oxygen atoms in total. The number of hydrogen-bond donors (Lipinski definition) is 1. The van der Waals surface area contributed by atoms with Crippen molar-refractivity contribution in [3.63, 3.8) is 0 Å². The van der Waals surface area contributed by atoms with Crippen LogP contribution in [0.25, 0.3) is 0 Å². The maximum absolute atomic E-state index is 5.29. The van der Waals surface area contributed by atoms with E-state index in [1.807, 2.05) is 0 Å². The minimum Gasteiger partial charge on any atom is -0.370 e. The smallest absolute Gasteiger partial charge is 0.137 e. The highest BCUT2D eigenvalue weighted by Gasteiger charge is 2.34. The van der Waals surface area contributed by atoms with E-state index in [4.69, 9.17) is 9.47 Å². The van der Waals surface area contributed by atoms with Crippen LogP contribution in [0.2, 0.25) is 0 Å². The summed E-state index contributed by atoms with van der Waals surface area (Å²) in [5, 5.41) is 3.17. The molecule has 2 aliphatic rings. The third-order valence-electron chi connectivity index (χ3n) is 1.56. The Labute approximate surface area is 48.0 Å². The predicted molar refractivity (Wildman–Crippen MR) is 27.5 cm³/mol. The first-order valence-electron chi connectivity index (χ1n) is 2.93. The third-order valence-corrected chi connectivity index (χ3v) is 1.56. The van der Waals surface area contributed by atoms with Crippen molar-refractivity contribution < 1.29 is 9.47 Å². The summed E-state index contributed by atoms with van der Waals surface area (Å²) in [5.41, 5.74) is 0. The van der Waals surface area contributed by atoms with Gasteiger partial charge in [0, 0.05) is 6.54 Å². The summed E-state index contributed by atoms with van der Waals surface area (Å²) in [6.45, 7) is 2.54. The van der Waals surface area contributed by atoms with Gasteiger partial charge in [0.1, 0.15) is 12.3 Å². The van der Waals surface area contributed by atoms with Crippen LogP contribution in [0, 0.1) is 0 Å². The summed E-state index contributed by atoms with van der Waals surface area (Å²) >= 11 is 0. The van der Waals surface area contributed by atoms with Crippen LogP contribution in [-0.4, -0.2) is 32.1 Å². The van der Waals surface area contributed by atoms with Crippen LogP contribution in [-0.2, 0) is 9.47 Å². The Balaban J connectivity index is 1.92. The van der Waals surface area contributed by atoms with Crippen molar-refractivity contribution in [3.05, 3.63) is 0 Å². The first-order valence-corrected chi connectivity index (χ1v) is 2.93. The minimum absolute atomic E-state index is 0.212. The number of morpholine rings is 1. The molecule has 2 rings (SSSR count). The first kappa shape index (κ1) is 4.73. The molecule has 3 heteroatoms. The zero-order chi connectivity index (χ0) is 5.40. The molecule has 0 spiro atoms. The lowest BCUT2D eigenvalue weighted by Crippen LogP contribution is -2.59. The zero-order valence-corrected chi connectivity index (χ0v) is 4.59. The highest BCUT2D eigenvalue weighted by molar-refractivity contribution is 4.80. The second-order valence-corrected chi connectivity index (χ2v) is 2.12. The molecule has 0 aromatic heterocycles. The molecule has 0 aromatic rings. The molecule has 8 heavy (non-hydrogen) atoms. The predicted octanol–water partition coefficient (Wildman–Crippen LogP) is -0.669. The topological polar surface area (TPSA) is 30.5 Å². The van der Waals surface area contributed by atoms with Crippen molar-refractivity contribution in [2.24, 2.45) is 0 Å². The molecule has 0 aliphatic carbocycles.